The van der Waals surface area contributed by atoms with E-state index in [4.69, 9.17) is 19.3 Å². The monoisotopic (exact) mass is 270 g/mol. The molecule has 1 rings (SSSR count). The molecule has 0 aromatic heterocycles. The Morgan fingerprint density at radius 2 is 1.63 bits per heavy atom. The molecule has 0 unspecified atom stereocenters. The lowest BCUT2D eigenvalue weighted by atomic mass is 10.1. The molecular weight excluding hydrogens is 248 g/mol. The molecule has 108 valence electrons. The zero-order valence-corrected chi connectivity index (χ0v) is 11.9. The molecule has 5 nitrogen and oxygen atoms in total. The van der Waals surface area contributed by atoms with E-state index >= 15 is 0 Å². The zero-order chi connectivity index (χ0) is 14.5. The normalized spacial score (nSPS) is 11.3. The molecule has 0 fully saturated rings. The Morgan fingerprint density at radius 3 is 2.00 bits per heavy atom. The van der Waals surface area contributed by atoms with E-state index in [0.29, 0.717) is 35.8 Å². The maximum atomic E-state index is 9.66. The van der Waals surface area contributed by atoms with Crippen molar-refractivity contribution in [2.45, 2.75) is 32.5 Å². The third kappa shape index (κ3) is 4.61. The smallest absolute Gasteiger partial charge is 0.203 e. The van der Waals surface area contributed by atoms with Crippen LogP contribution >= 0.6 is 0 Å². The van der Waals surface area contributed by atoms with Gasteiger partial charge in [-0.05, 0) is 31.5 Å². The first-order chi connectivity index (χ1) is 8.91. The Labute approximate surface area is 113 Å². The first kappa shape index (κ1) is 15.6. The zero-order valence-electron chi connectivity index (χ0n) is 11.9. The number of aliphatic hydroxyl groups is 2. The number of rotatable bonds is 7. The highest BCUT2D eigenvalue weighted by Crippen LogP contribution is 2.38. The molecule has 0 radical (unpaired) electrons. The SMILES string of the molecule is COc1cc(CO)cc(OC)c1OCCC(C)(C)O. The highest BCUT2D eigenvalue weighted by atomic mass is 16.5. The molecule has 0 bridgehead atoms. The van der Waals surface area contributed by atoms with Crippen molar-refractivity contribution in [2.24, 2.45) is 0 Å². The van der Waals surface area contributed by atoms with Crippen LogP contribution in [0.2, 0.25) is 0 Å². The summed E-state index contributed by atoms with van der Waals surface area (Å²) in [6.45, 7) is 3.69. The Morgan fingerprint density at radius 1 is 1.11 bits per heavy atom. The Kier molecular flexibility index (Phi) is 5.44. The maximum absolute atomic E-state index is 9.66. The maximum Gasteiger partial charge on any atom is 0.203 e. The molecule has 0 aliphatic heterocycles. The van der Waals surface area contributed by atoms with Gasteiger partial charge in [0.15, 0.2) is 11.5 Å². The molecule has 1 aromatic carbocycles. The molecule has 0 atom stereocenters. The van der Waals surface area contributed by atoms with Crippen LogP contribution in [0, 0.1) is 0 Å². The van der Waals surface area contributed by atoms with Crippen LogP contribution in [0.5, 0.6) is 17.2 Å². The standard InChI is InChI=1S/C14H22O5/c1-14(2,16)5-6-19-13-11(17-3)7-10(9-15)8-12(13)18-4/h7-8,15-16H,5-6,9H2,1-4H3. The second-order valence-corrected chi connectivity index (χ2v) is 4.90. The van der Waals surface area contributed by atoms with Crippen molar-refractivity contribution in [1.29, 1.82) is 0 Å². The highest BCUT2D eigenvalue weighted by molar-refractivity contribution is 5.53. The number of ether oxygens (including phenoxy) is 3. The van der Waals surface area contributed by atoms with Crippen LogP contribution in [0.25, 0.3) is 0 Å². The Balaban J connectivity index is 2.91. The van der Waals surface area contributed by atoms with Crippen molar-refractivity contribution < 1.29 is 24.4 Å². The van der Waals surface area contributed by atoms with Crippen molar-refractivity contribution in [1.82, 2.24) is 0 Å². The lowest BCUT2D eigenvalue weighted by molar-refractivity contribution is 0.0544. The van der Waals surface area contributed by atoms with Crippen LogP contribution in [0.3, 0.4) is 0 Å². The van der Waals surface area contributed by atoms with Gasteiger partial charge in [-0.15, -0.1) is 0 Å². The molecular formula is C14H22O5. The van der Waals surface area contributed by atoms with Crippen molar-refractivity contribution in [2.75, 3.05) is 20.8 Å². The van der Waals surface area contributed by atoms with Crippen LogP contribution in [0.1, 0.15) is 25.8 Å². The fraction of sp³-hybridized carbons (Fsp3) is 0.571. The van der Waals surface area contributed by atoms with Crippen LogP contribution in [0.15, 0.2) is 12.1 Å². The number of hydrogen-bond donors (Lipinski definition) is 2. The van der Waals surface area contributed by atoms with Crippen molar-refractivity contribution in [3.63, 3.8) is 0 Å². The minimum Gasteiger partial charge on any atom is -0.493 e. The van der Waals surface area contributed by atoms with Gasteiger partial charge in [0.1, 0.15) is 0 Å². The number of benzene rings is 1. The van der Waals surface area contributed by atoms with Gasteiger partial charge in [-0.25, -0.2) is 0 Å². The summed E-state index contributed by atoms with van der Waals surface area (Å²) in [4.78, 5) is 0. The summed E-state index contributed by atoms with van der Waals surface area (Å²) in [5.74, 6) is 1.48. The fourth-order valence-electron chi connectivity index (χ4n) is 1.57. The van der Waals surface area contributed by atoms with Crippen LogP contribution in [-0.2, 0) is 6.61 Å². The van der Waals surface area contributed by atoms with Gasteiger partial charge < -0.3 is 24.4 Å². The second-order valence-electron chi connectivity index (χ2n) is 4.90. The largest absolute Gasteiger partial charge is 0.493 e. The molecule has 0 heterocycles. The average molecular weight is 270 g/mol. The minimum absolute atomic E-state index is 0.101. The predicted molar refractivity (Wildman–Crippen MR) is 71.9 cm³/mol. The summed E-state index contributed by atoms with van der Waals surface area (Å²) >= 11 is 0. The average Bonchev–Trinajstić information content (AvgIpc) is 2.37. The van der Waals surface area contributed by atoms with Crippen molar-refractivity contribution >= 4 is 0 Å². The summed E-state index contributed by atoms with van der Waals surface area (Å²) < 4.78 is 16.1. The van der Waals surface area contributed by atoms with Gasteiger partial charge in [-0.1, -0.05) is 0 Å². The first-order valence-electron chi connectivity index (χ1n) is 6.12. The molecule has 0 spiro atoms. The molecule has 5 heteroatoms. The fourth-order valence-corrected chi connectivity index (χ4v) is 1.57. The van der Waals surface area contributed by atoms with E-state index in [0.717, 1.165) is 0 Å². The Hall–Kier alpha value is -1.46. The Bertz CT molecular complexity index is 384. The minimum atomic E-state index is -0.786. The van der Waals surface area contributed by atoms with E-state index in [1.165, 1.54) is 14.2 Å². The number of methoxy groups -OCH3 is 2. The summed E-state index contributed by atoms with van der Waals surface area (Å²) in [5.41, 5.74) is -0.102. The van der Waals surface area contributed by atoms with Crippen LogP contribution in [-0.4, -0.2) is 36.6 Å². The van der Waals surface area contributed by atoms with Gasteiger partial charge in [0.05, 0.1) is 33.0 Å². The van der Waals surface area contributed by atoms with Crippen molar-refractivity contribution in [3.8, 4) is 17.2 Å². The second kappa shape index (κ2) is 6.63. The number of hydrogen-bond acceptors (Lipinski definition) is 5. The molecule has 1 aromatic rings. The molecule has 0 aliphatic rings. The van der Waals surface area contributed by atoms with E-state index in [2.05, 4.69) is 0 Å². The third-order valence-corrected chi connectivity index (χ3v) is 2.66. The van der Waals surface area contributed by atoms with Gasteiger partial charge in [-0.2, -0.15) is 0 Å². The first-order valence-corrected chi connectivity index (χ1v) is 6.12. The van der Waals surface area contributed by atoms with E-state index in [1.807, 2.05) is 0 Å². The lowest BCUT2D eigenvalue weighted by Crippen LogP contribution is -2.22. The van der Waals surface area contributed by atoms with E-state index in [-0.39, 0.29) is 6.61 Å². The predicted octanol–water partition coefficient (Wildman–Crippen LogP) is 1.74. The van der Waals surface area contributed by atoms with Gasteiger partial charge in [-0.3, -0.25) is 0 Å². The topological polar surface area (TPSA) is 68.2 Å². The summed E-state index contributed by atoms with van der Waals surface area (Å²) in [6.07, 6.45) is 0.487. The summed E-state index contributed by atoms with van der Waals surface area (Å²) in [7, 11) is 3.05. The van der Waals surface area contributed by atoms with E-state index < -0.39 is 5.60 Å². The van der Waals surface area contributed by atoms with Crippen molar-refractivity contribution in [3.05, 3.63) is 17.7 Å². The van der Waals surface area contributed by atoms with Gasteiger partial charge >= 0.3 is 0 Å². The molecule has 0 saturated heterocycles. The summed E-state index contributed by atoms with van der Waals surface area (Å²) in [6, 6.07) is 3.39. The van der Waals surface area contributed by atoms with E-state index in [1.54, 1.807) is 26.0 Å². The van der Waals surface area contributed by atoms with Gasteiger partial charge in [0.2, 0.25) is 5.75 Å². The molecule has 19 heavy (non-hydrogen) atoms. The molecule has 0 saturated carbocycles. The third-order valence-electron chi connectivity index (χ3n) is 2.66. The highest BCUT2D eigenvalue weighted by Gasteiger charge is 2.17. The van der Waals surface area contributed by atoms with E-state index in [9.17, 15) is 5.11 Å². The van der Waals surface area contributed by atoms with Gasteiger partial charge in [0.25, 0.3) is 0 Å². The quantitative estimate of drug-likeness (QED) is 0.790. The number of aliphatic hydroxyl groups excluding tert-OH is 1. The summed E-state index contributed by atoms with van der Waals surface area (Å²) in [5, 5.41) is 18.8. The molecule has 0 amide bonds. The van der Waals surface area contributed by atoms with Crippen LogP contribution < -0.4 is 14.2 Å². The van der Waals surface area contributed by atoms with Crippen LogP contribution in [0.4, 0.5) is 0 Å². The molecule has 0 aliphatic carbocycles. The lowest BCUT2D eigenvalue weighted by Gasteiger charge is -2.19. The van der Waals surface area contributed by atoms with Gasteiger partial charge in [0, 0.05) is 6.42 Å². The molecule has 2 N–H and O–H groups in total.